The molecule has 3 heterocycles. The zero-order valence-electron chi connectivity index (χ0n) is 29.8. The van der Waals surface area contributed by atoms with Crippen LogP contribution in [0.15, 0.2) is 24.3 Å². The van der Waals surface area contributed by atoms with Crippen LogP contribution in [0.2, 0.25) is 0 Å². The number of urea groups is 1. The maximum absolute atomic E-state index is 12.8. The molecule has 0 radical (unpaired) electrons. The minimum atomic E-state index is -1.90. The van der Waals surface area contributed by atoms with Gasteiger partial charge in [0.15, 0.2) is 5.13 Å². The molecule has 5 amide bonds. The van der Waals surface area contributed by atoms with Crippen LogP contribution in [0.4, 0.5) is 25.2 Å². The van der Waals surface area contributed by atoms with Gasteiger partial charge in [0.1, 0.15) is 0 Å². The standard InChI is InChI=1S/C34H52N8O6S/c1-23(43)36-29-37-26(27(49-29)22-40-18-20-42(21-19-40)31(46)41-16-8-9-17-41)15-12-24-10-13-25(14-11-24)38-34(32(2,3)4,47-28(35)44)48-30(45)39-33(5,6)7/h10-11,13-14,38H,8-9,12,15-22H2,1-7H3,(H2,35,44)(H,39,45)(H,36,37,43). The number of carbonyl (C=O) groups is 4. The average molecular weight is 701 g/mol. The van der Waals surface area contributed by atoms with Gasteiger partial charge in [0.05, 0.1) is 11.1 Å². The normalized spacial score (nSPS) is 16.9. The first-order valence-corrected chi connectivity index (χ1v) is 17.6. The number of primary amides is 1. The maximum atomic E-state index is 12.8. The van der Waals surface area contributed by atoms with Crippen LogP contribution in [0.3, 0.4) is 0 Å². The van der Waals surface area contributed by atoms with E-state index in [-0.39, 0.29) is 11.9 Å². The molecule has 15 heteroatoms. The lowest BCUT2D eigenvalue weighted by Gasteiger charge is -2.42. The summed E-state index contributed by atoms with van der Waals surface area (Å²) >= 11 is 1.49. The summed E-state index contributed by atoms with van der Waals surface area (Å²) in [5.74, 6) is -2.08. The number of hydrogen-bond acceptors (Lipinski definition) is 10. The predicted octanol–water partition coefficient (Wildman–Crippen LogP) is 4.95. The Morgan fingerprint density at radius 2 is 1.49 bits per heavy atom. The summed E-state index contributed by atoms with van der Waals surface area (Å²) in [7, 11) is 0. The van der Waals surface area contributed by atoms with Crippen LogP contribution in [0.5, 0.6) is 0 Å². The van der Waals surface area contributed by atoms with Crippen molar-refractivity contribution in [1.82, 2.24) is 25.0 Å². The predicted molar refractivity (Wildman–Crippen MR) is 189 cm³/mol. The van der Waals surface area contributed by atoms with E-state index in [4.69, 9.17) is 20.2 Å². The number of aryl methyl sites for hydroxylation is 2. The molecular weight excluding hydrogens is 648 g/mol. The number of benzene rings is 1. The van der Waals surface area contributed by atoms with Crippen LogP contribution >= 0.6 is 11.3 Å². The van der Waals surface area contributed by atoms with Crippen molar-refractivity contribution in [2.24, 2.45) is 11.1 Å². The summed E-state index contributed by atoms with van der Waals surface area (Å²) in [6.45, 7) is 17.5. The Morgan fingerprint density at radius 1 is 0.878 bits per heavy atom. The molecule has 2 aromatic rings. The van der Waals surface area contributed by atoms with Crippen molar-refractivity contribution in [3.63, 3.8) is 0 Å². The molecule has 4 rings (SSSR count). The van der Waals surface area contributed by atoms with Gasteiger partial charge in [0, 0.05) is 68.8 Å². The Balaban J connectivity index is 1.42. The largest absolute Gasteiger partial charge is 0.412 e. The van der Waals surface area contributed by atoms with Crippen molar-refractivity contribution in [2.45, 2.75) is 92.1 Å². The van der Waals surface area contributed by atoms with E-state index in [1.54, 1.807) is 20.8 Å². The van der Waals surface area contributed by atoms with Crippen molar-refractivity contribution in [3.05, 3.63) is 40.4 Å². The average Bonchev–Trinajstić information content (AvgIpc) is 3.65. The first-order valence-electron chi connectivity index (χ1n) is 16.8. The summed E-state index contributed by atoms with van der Waals surface area (Å²) in [6, 6.07) is 7.66. The summed E-state index contributed by atoms with van der Waals surface area (Å²) in [6.07, 6.45) is 1.61. The topological polar surface area (TPSA) is 171 Å². The number of carbonyl (C=O) groups excluding carboxylic acids is 4. The minimum absolute atomic E-state index is 0.146. The second-order valence-electron chi connectivity index (χ2n) is 14.7. The first-order chi connectivity index (χ1) is 22.9. The monoisotopic (exact) mass is 700 g/mol. The second-order valence-corrected chi connectivity index (χ2v) is 15.8. The highest BCUT2D eigenvalue weighted by molar-refractivity contribution is 7.15. The van der Waals surface area contributed by atoms with E-state index in [1.807, 2.05) is 54.8 Å². The van der Waals surface area contributed by atoms with Crippen molar-refractivity contribution in [1.29, 1.82) is 0 Å². The summed E-state index contributed by atoms with van der Waals surface area (Å²) < 4.78 is 11.2. The number of thiazole rings is 1. The van der Waals surface area contributed by atoms with Gasteiger partial charge in [-0.05, 0) is 64.2 Å². The Morgan fingerprint density at radius 3 is 2.04 bits per heavy atom. The van der Waals surface area contributed by atoms with Gasteiger partial charge >= 0.3 is 24.1 Å². The number of aromatic nitrogens is 1. The number of nitrogens with zero attached hydrogens (tertiary/aromatic N) is 4. The van der Waals surface area contributed by atoms with Crippen molar-refractivity contribution >= 4 is 46.3 Å². The second kappa shape index (κ2) is 15.6. The van der Waals surface area contributed by atoms with Gasteiger partial charge in [-0.3, -0.25) is 9.69 Å². The Kier molecular flexibility index (Phi) is 12.0. The molecule has 5 N–H and O–H groups in total. The summed E-state index contributed by atoms with van der Waals surface area (Å²) in [5.41, 5.74) is 6.43. The smallest absolute Gasteiger partial charge is 0.387 e. The molecule has 2 saturated heterocycles. The molecule has 1 aromatic carbocycles. The zero-order chi connectivity index (χ0) is 36.0. The van der Waals surface area contributed by atoms with Crippen molar-refractivity contribution in [3.8, 4) is 0 Å². The molecule has 0 saturated carbocycles. The van der Waals surface area contributed by atoms with E-state index >= 15 is 0 Å². The molecule has 2 aliphatic rings. The quantitative estimate of drug-likeness (QED) is 0.250. The number of likely N-dealkylation sites (tertiary alicyclic amines) is 1. The molecule has 1 unspecified atom stereocenters. The van der Waals surface area contributed by atoms with E-state index in [1.165, 1.54) is 18.3 Å². The zero-order valence-corrected chi connectivity index (χ0v) is 30.6. The van der Waals surface area contributed by atoms with Crippen LogP contribution < -0.4 is 21.7 Å². The van der Waals surface area contributed by atoms with Gasteiger partial charge < -0.3 is 41.0 Å². The lowest BCUT2D eigenvalue weighted by Crippen LogP contribution is -2.59. The van der Waals surface area contributed by atoms with E-state index in [9.17, 15) is 19.2 Å². The molecule has 14 nitrogen and oxygen atoms in total. The number of anilines is 2. The van der Waals surface area contributed by atoms with Crippen LogP contribution in [-0.4, -0.2) is 94.5 Å². The summed E-state index contributed by atoms with van der Waals surface area (Å²) in [5, 5.41) is 9.22. The van der Waals surface area contributed by atoms with E-state index < -0.39 is 29.1 Å². The van der Waals surface area contributed by atoms with Gasteiger partial charge in [0.2, 0.25) is 5.91 Å². The Labute approximate surface area is 293 Å². The van der Waals surface area contributed by atoms with E-state index in [0.29, 0.717) is 43.3 Å². The number of alkyl carbamates (subject to hydrolysis) is 1. The number of rotatable bonds is 10. The number of hydrogen-bond donors (Lipinski definition) is 4. The van der Waals surface area contributed by atoms with E-state index in [0.717, 1.165) is 55.2 Å². The van der Waals surface area contributed by atoms with Gasteiger partial charge in [0.25, 0.3) is 0 Å². The molecule has 0 aliphatic carbocycles. The molecule has 2 fully saturated rings. The number of piperazine rings is 1. The number of nitrogens with two attached hydrogens (primary N) is 1. The van der Waals surface area contributed by atoms with Gasteiger partial charge in [-0.15, -0.1) is 11.3 Å². The van der Waals surface area contributed by atoms with Crippen LogP contribution in [0.25, 0.3) is 0 Å². The number of nitrogens with one attached hydrogen (secondary N) is 3. The van der Waals surface area contributed by atoms with Gasteiger partial charge in [-0.1, -0.05) is 32.9 Å². The first kappa shape index (κ1) is 37.7. The summed E-state index contributed by atoms with van der Waals surface area (Å²) in [4.78, 5) is 61.6. The number of ether oxygens (including phenoxy) is 2. The lowest BCUT2D eigenvalue weighted by atomic mass is 9.90. The fourth-order valence-electron chi connectivity index (χ4n) is 5.69. The third-order valence-corrected chi connectivity index (χ3v) is 9.30. The highest BCUT2D eigenvalue weighted by Gasteiger charge is 2.50. The SMILES string of the molecule is CC(=O)Nc1nc(CCc2ccc(NC(OC(N)=O)(OC(=O)NC(C)(C)C)C(C)(C)C)cc2)c(CN2CCN(C(=O)N3CCCC3)CC2)s1. The third-order valence-electron chi connectivity index (χ3n) is 8.31. The molecule has 0 bridgehead atoms. The van der Waals surface area contributed by atoms with Crippen LogP contribution in [0.1, 0.15) is 77.4 Å². The highest BCUT2D eigenvalue weighted by Crippen LogP contribution is 2.37. The van der Waals surface area contributed by atoms with Gasteiger partial charge in [-0.25, -0.2) is 19.4 Å². The van der Waals surface area contributed by atoms with Crippen molar-refractivity contribution < 1.29 is 28.7 Å². The molecule has 49 heavy (non-hydrogen) atoms. The Hall–Kier alpha value is -4.11. The third kappa shape index (κ3) is 10.7. The van der Waals surface area contributed by atoms with E-state index in [2.05, 4.69) is 20.9 Å². The molecule has 270 valence electrons. The molecule has 2 aliphatic heterocycles. The fourth-order valence-corrected chi connectivity index (χ4v) is 6.79. The Bertz CT molecular complexity index is 1470. The van der Waals surface area contributed by atoms with Crippen molar-refractivity contribution in [2.75, 3.05) is 49.9 Å². The van der Waals surface area contributed by atoms with Gasteiger partial charge in [-0.2, -0.15) is 0 Å². The lowest BCUT2D eigenvalue weighted by molar-refractivity contribution is -0.202. The molecule has 1 atom stereocenters. The minimum Gasteiger partial charge on any atom is -0.387 e. The fraction of sp³-hybridized carbons (Fsp3) is 0.618. The molecule has 1 aromatic heterocycles. The molecule has 0 spiro atoms. The van der Waals surface area contributed by atoms with Crippen LogP contribution in [0, 0.1) is 5.41 Å². The number of amides is 5. The molecular formula is C34H52N8O6S. The van der Waals surface area contributed by atoms with Crippen LogP contribution in [-0.2, 0) is 33.7 Å². The maximum Gasteiger partial charge on any atom is 0.412 e. The highest BCUT2D eigenvalue weighted by atomic mass is 32.1.